The summed E-state index contributed by atoms with van der Waals surface area (Å²) in [7, 11) is 0. The molecule has 0 fully saturated rings. The molecule has 0 radical (unpaired) electrons. The molecule has 24 heavy (non-hydrogen) atoms. The summed E-state index contributed by atoms with van der Waals surface area (Å²) in [4.78, 5) is 12.4. The molecule has 4 heteroatoms. The van der Waals surface area contributed by atoms with Gasteiger partial charge in [-0.1, -0.05) is 32.0 Å². The van der Waals surface area contributed by atoms with E-state index < -0.39 is 6.10 Å². The lowest BCUT2D eigenvalue weighted by atomic mass is 9.97. The molecule has 1 amide bonds. The van der Waals surface area contributed by atoms with E-state index in [4.69, 9.17) is 10.00 Å². The van der Waals surface area contributed by atoms with E-state index in [1.807, 2.05) is 24.3 Å². The molecule has 0 aromatic heterocycles. The fourth-order valence-electron chi connectivity index (χ4n) is 2.36. The highest BCUT2D eigenvalue weighted by atomic mass is 16.5. The molecular formula is C20H22N2O2. The maximum Gasteiger partial charge on any atom is 0.265 e. The van der Waals surface area contributed by atoms with Crippen LogP contribution < -0.4 is 10.1 Å². The van der Waals surface area contributed by atoms with Crippen molar-refractivity contribution in [2.75, 3.05) is 5.32 Å². The Morgan fingerprint density at radius 1 is 1.17 bits per heavy atom. The van der Waals surface area contributed by atoms with E-state index in [1.165, 1.54) is 0 Å². The third kappa shape index (κ3) is 4.36. The Morgan fingerprint density at radius 2 is 1.83 bits per heavy atom. The van der Waals surface area contributed by atoms with E-state index in [0.717, 1.165) is 17.7 Å². The molecule has 0 saturated carbocycles. The molecule has 2 aromatic rings. The van der Waals surface area contributed by atoms with Crippen LogP contribution in [0.3, 0.4) is 0 Å². The van der Waals surface area contributed by atoms with Crippen LogP contribution in [0.15, 0.2) is 48.5 Å². The minimum absolute atomic E-state index is 0.199. The van der Waals surface area contributed by atoms with Crippen molar-refractivity contribution in [3.8, 4) is 11.8 Å². The zero-order chi connectivity index (χ0) is 17.5. The Labute approximate surface area is 143 Å². The molecule has 0 saturated heterocycles. The Kier molecular flexibility index (Phi) is 5.97. The highest BCUT2D eigenvalue weighted by Gasteiger charge is 2.17. The number of nitriles is 1. The number of amides is 1. The zero-order valence-corrected chi connectivity index (χ0v) is 14.2. The minimum Gasteiger partial charge on any atom is -0.481 e. The highest BCUT2D eigenvalue weighted by Crippen LogP contribution is 2.26. The van der Waals surface area contributed by atoms with Gasteiger partial charge in [-0.3, -0.25) is 4.79 Å². The van der Waals surface area contributed by atoms with Crippen LogP contribution in [0.5, 0.6) is 5.75 Å². The number of hydrogen-bond donors (Lipinski definition) is 1. The fourth-order valence-corrected chi connectivity index (χ4v) is 2.36. The average Bonchev–Trinajstić information content (AvgIpc) is 2.62. The van der Waals surface area contributed by atoms with E-state index in [2.05, 4.69) is 25.2 Å². The van der Waals surface area contributed by atoms with Crippen LogP contribution in [-0.2, 0) is 4.79 Å². The third-order valence-corrected chi connectivity index (χ3v) is 4.03. The number of carbonyl (C=O) groups is 1. The number of rotatable bonds is 6. The summed E-state index contributed by atoms with van der Waals surface area (Å²) < 4.78 is 5.65. The van der Waals surface area contributed by atoms with Gasteiger partial charge in [0.2, 0.25) is 0 Å². The summed E-state index contributed by atoms with van der Waals surface area (Å²) in [6.07, 6.45) is 0.368. The van der Waals surface area contributed by atoms with Crippen molar-refractivity contribution in [2.24, 2.45) is 0 Å². The summed E-state index contributed by atoms with van der Waals surface area (Å²) in [5, 5.41) is 11.8. The summed E-state index contributed by atoms with van der Waals surface area (Å²) in [5.41, 5.74) is 2.51. The first kappa shape index (κ1) is 17.6. The lowest BCUT2D eigenvalue weighted by Gasteiger charge is -2.18. The predicted octanol–water partition coefficient (Wildman–Crippen LogP) is 4.48. The van der Waals surface area contributed by atoms with Crippen molar-refractivity contribution < 1.29 is 9.53 Å². The number of para-hydroxylation sites is 1. The van der Waals surface area contributed by atoms with Crippen LogP contribution >= 0.6 is 0 Å². The van der Waals surface area contributed by atoms with E-state index >= 15 is 0 Å². The first-order chi connectivity index (χ1) is 11.5. The number of nitrogens with zero attached hydrogens (tertiary/aromatic N) is 1. The Bertz CT molecular complexity index is 732. The van der Waals surface area contributed by atoms with Gasteiger partial charge in [-0.15, -0.1) is 0 Å². The molecule has 2 rings (SSSR count). The number of benzene rings is 2. The van der Waals surface area contributed by atoms with Gasteiger partial charge in [-0.25, -0.2) is 0 Å². The van der Waals surface area contributed by atoms with Gasteiger partial charge in [0.25, 0.3) is 5.91 Å². The van der Waals surface area contributed by atoms with Crippen molar-refractivity contribution in [3.63, 3.8) is 0 Å². The van der Waals surface area contributed by atoms with Crippen molar-refractivity contribution in [3.05, 3.63) is 59.7 Å². The third-order valence-electron chi connectivity index (χ3n) is 4.03. The van der Waals surface area contributed by atoms with Crippen LogP contribution in [0, 0.1) is 11.3 Å². The summed E-state index contributed by atoms with van der Waals surface area (Å²) >= 11 is 0. The zero-order valence-electron chi connectivity index (χ0n) is 14.2. The average molecular weight is 322 g/mol. The van der Waals surface area contributed by atoms with Crippen LogP contribution in [0.2, 0.25) is 0 Å². The topological polar surface area (TPSA) is 62.1 Å². The van der Waals surface area contributed by atoms with E-state index in [0.29, 0.717) is 17.2 Å². The molecule has 0 heterocycles. The quantitative estimate of drug-likeness (QED) is 0.853. The number of anilines is 1. The number of hydrogen-bond acceptors (Lipinski definition) is 3. The van der Waals surface area contributed by atoms with Gasteiger partial charge in [0, 0.05) is 5.69 Å². The van der Waals surface area contributed by atoms with Gasteiger partial charge in [0.05, 0.1) is 11.6 Å². The monoisotopic (exact) mass is 322 g/mol. The van der Waals surface area contributed by atoms with Gasteiger partial charge >= 0.3 is 0 Å². The SMILES string of the molecule is CCC(C)c1ccccc1NC(=O)C(C)Oc1ccc(C#N)cc1. The number of nitrogens with one attached hydrogen (secondary N) is 1. The lowest BCUT2D eigenvalue weighted by molar-refractivity contribution is -0.122. The summed E-state index contributed by atoms with van der Waals surface area (Å²) in [6.45, 7) is 5.97. The smallest absolute Gasteiger partial charge is 0.265 e. The fraction of sp³-hybridized carbons (Fsp3) is 0.300. The minimum atomic E-state index is -0.636. The van der Waals surface area contributed by atoms with E-state index in [9.17, 15) is 4.79 Å². The second-order valence-corrected chi connectivity index (χ2v) is 5.78. The van der Waals surface area contributed by atoms with Crippen molar-refractivity contribution >= 4 is 11.6 Å². The molecule has 0 spiro atoms. The van der Waals surface area contributed by atoms with E-state index in [-0.39, 0.29) is 5.91 Å². The molecule has 0 bridgehead atoms. The highest BCUT2D eigenvalue weighted by molar-refractivity contribution is 5.94. The molecule has 0 aliphatic carbocycles. The number of carbonyl (C=O) groups excluding carboxylic acids is 1. The molecular weight excluding hydrogens is 300 g/mol. The maximum atomic E-state index is 12.4. The van der Waals surface area contributed by atoms with Crippen LogP contribution in [-0.4, -0.2) is 12.0 Å². The van der Waals surface area contributed by atoms with Crippen LogP contribution in [0.4, 0.5) is 5.69 Å². The first-order valence-corrected chi connectivity index (χ1v) is 8.11. The van der Waals surface area contributed by atoms with Gasteiger partial charge < -0.3 is 10.1 Å². The maximum absolute atomic E-state index is 12.4. The molecule has 0 aliphatic rings. The van der Waals surface area contributed by atoms with Crippen LogP contribution in [0.1, 0.15) is 44.2 Å². The Balaban J connectivity index is 2.05. The van der Waals surface area contributed by atoms with Gasteiger partial charge in [-0.2, -0.15) is 5.26 Å². The summed E-state index contributed by atoms with van der Waals surface area (Å²) in [5.74, 6) is 0.734. The molecule has 4 nitrogen and oxygen atoms in total. The molecule has 0 aliphatic heterocycles. The van der Waals surface area contributed by atoms with Gasteiger partial charge in [-0.05, 0) is 55.2 Å². The second-order valence-electron chi connectivity index (χ2n) is 5.78. The number of ether oxygens (including phenoxy) is 1. The molecule has 1 N–H and O–H groups in total. The largest absolute Gasteiger partial charge is 0.481 e. The van der Waals surface area contributed by atoms with Gasteiger partial charge in [0.15, 0.2) is 6.10 Å². The summed E-state index contributed by atoms with van der Waals surface area (Å²) in [6, 6.07) is 16.6. The predicted molar refractivity (Wildman–Crippen MR) is 95.0 cm³/mol. The van der Waals surface area contributed by atoms with Crippen molar-refractivity contribution in [1.82, 2.24) is 0 Å². The van der Waals surface area contributed by atoms with Crippen molar-refractivity contribution in [2.45, 2.75) is 39.2 Å². The Morgan fingerprint density at radius 3 is 2.46 bits per heavy atom. The normalized spacial score (nSPS) is 12.8. The molecule has 124 valence electrons. The van der Waals surface area contributed by atoms with E-state index in [1.54, 1.807) is 31.2 Å². The molecule has 2 atom stereocenters. The molecule has 2 unspecified atom stereocenters. The van der Waals surface area contributed by atoms with Crippen LogP contribution in [0.25, 0.3) is 0 Å². The molecule has 2 aromatic carbocycles. The second kappa shape index (κ2) is 8.16. The standard InChI is InChI=1S/C20H22N2O2/c1-4-14(2)18-7-5-6-8-19(18)22-20(23)15(3)24-17-11-9-16(13-21)10-12-17/h5-12,14-15H,4H2,1-3H3,(H,22,23). The van der Waals surface area contributed by atoms with Gasteiger partial charge in [0.1, 0.15) is 5.75 Å². The Hall–Kier alpha value is -2.80. The van der Waals surface area contributed by atoms with Crippen molar-refractivity contribution in [1.29, 1.82) is 5.26 Å². The first-order valence-electron chi connectivity index (χ1n) is 8.11. The lowest BCUT2D eigenvalue weighted by Crippen LogP contribution is -2.30.